The second kappa shape index (κ2) is 4.97. The maximum absolute atomic E-state index is 12.8. The van der Waals surface area contributed by atoms with Gasteiger partial charge in [0.05, 0.1) is 13.0 Å². The van der Waals surface area contributed by atoms with E-state index >= 15 is 0 Å². The predicted octanol–water partition coefficient (Wildman–Crippen LogP) is 1.17. The van der Waals surface area contributed by atoms with Gasteiger partial charge >= 0.3 is 13.3 Å². The van der Waals surface area contributed by atoms with Gasteiger partial charge in [-0.3, -0.25) is 0 Å². The van der Waals surface area contributed by atoms with Crippen molar-refractivity contribution in [1.29, 1.82) is 0 Å². The molecular formula is C10H12BF3O3. The summed E-state index contributed by atoms with van der Waals surface area (Å²) in [6.45, 7) is -7.05. The first-order valence-electron chi connectivity index (χ1n) is 7.76. The minimum Gasteiger partial charge on any atom is -0.491 e. The van der Waals surface area contributed by atoms with Gasteiger partial charge in [-0.15, -0.1) is 0 Å². The van der Waals surface area contributed by atoms with Crippen molar-refractivity contribution < 1.29 is 37.6 Å². The van der Waals surface area contributed by atoms with Crippen molar-refractivity contribution in [3.63, 3.8) is 0 Å². The van der Waals surface area contributed by atoms with Crippen molar-refractivity contribution in [2.45, 2.75) is 26.0 Å². The molecule has 1 aromatic rings. The van der Waals surface area contributed by atoms with Crippen molar-refractivity contribution >= 4 is 12.6 Å². The number of hydrogen-bond acceptors (Lipinski definition) is 3. The molecule has 0 aromatic heterocycles. The number of hydrogen-bond donors (Lipinski definition) is 2. The standard InChI is InChI=1S/C10H12BF3O3/c1-6(2)17-9-4-7(10(12,13)14)3-8(5-9)11(15)16/h3-6,15-16H,1-2H3/i1D3,2D3,6D. The van der Waals surface area contributed by atoms with Gasteiger partial charge in [0, 0.05) is 8.22 Å². The van der Waals surface area contributed by atoms with Gasteiger partial charge in [-0.25, -0.2) is 0 Å². The first kappa shape index (κ1) is 6.65. The zero-order chi connectivity index (χ0) is 19.1. The lowest BCUT2D eigenvalue weighted by atomic mass is 9.79. The Hall–Kier alpha value is -1.21. The number of alkyl halides is 3. The summed E-state index contributed by atoms with van der Waals surface area (Å²) in [4.78, 5) is 0. The van der Waals surface area contributed by atoms with Crippen LogP contribution in [0.3, 0.4) is 0 Å². The molecule has 0 amide bonds. The van der Waals surface area contributed by atoms with Gasteiger partial charge in [0.15, 0.2) is 0 Å². The minimum absolute atomic E-state index is 0.270. The molecule has 0 aliphatic carbocycles. The van der Waals surface area contributed by atoms with Crippen LogP contribution in [0.25, 0.3) is 0 Å². The van der Waals surface area contributed by atoms with Gasteiger partial charge in [0.2, 0.25) is 0 Å². The molecular weight excluding hydrogens is 236 g/mol. The molecule has 0 unspecified atom stereocenters. The molecule has 0 aliphatic heterocycles. The molecule has 94 valence electrons. The average molecular weight is 255 g/mol. The molecule has 0 saturated carbocycles. The van der Waals surface area contributed by atoms with Crippen LogP contribution < -0.4 is 10.2 Å². The van der Waals surface area contributed by atoms with E-state index in [0.717, 1.165) is 0 Å². The Balaban J connectivity index is 3.48. The summed E-state index contributed by atoms with van der Waals surface area (Å²) in [5, 5.41) is 18.0. The summed E-state index contributed by atoms with van der Waals surface area (Å²) >= 11 is 0. The Bertz CT molecular complexity index is 587. The molecule has 7 heteroatoms. The van der Waals surface area contributed by atoms with Gasteiger partial charge in [-0.2, -0.15) is 13.2 Å². The molecule has 0 aliphatic rings. The fourth-order valence-electron chi connectivity index (χ4n) is 1.11. The topological polar surface area (TPSA) is 49.7 Å². The zero-order valence-corrected chi connectivity index (χ0v) is 8.25. The number of ether oxygens (including phenoxy) is 1. The van der Waals surface area contributed by atoms with Crippen LogP contribution >= 0.6 is 0 Å². The largest absolute Gasteiger partial charge is 0.491 e. The average Bonchev–Trinajstić information content (AvgIpc) is 2.34. The Morgan fingerprint density at radius 3 is 2.47 bits per heavy atom. The molecule has 0 fully saturated rings. The van der Waals surface area contributed by atoms with E-state index in [1.54, 1.807) is 0 Å². The molecule has 1 aromatic carbocycles. The highest BCUT2D eigenvalue weighted by Crippen LogP contribution is 2.31. The minimum atomic E-state index is -4.95. The molecule has 2 N–H and O–H groups in total. The van der Waals surface area contributed by atoms with Crippen molar-refractivity contribution in [3.8, 4) is 5.75 Å². The second-order valence-electron chi connectivity index (χ2n) is 3.09. The highest BCUT2D eigenvalue weighted by Gasteiger charge is 2.32. The summed E-state index contributed by atoms with van der Waals surface area (Å²) < 4.78 is 93.5. The highest BCUT2D eigenvalue weighted by atomic mass is 19.4. The van der Waals surface area contributed by atoms with E-state index in [1.807, 2.05) is 0 Å². The fourth-order valence-corrected chi connectivity index (χ4v) is 1.11. The lowest BCUT2D eigenvalue weighted by Crippen LogP contribution is -2.31. The Morgan fingerprint density at radius 2 is 2.00 bits per heavy atom. The third-order valence-corrected chi connectivity index (χ3v) is 1.77. The van der Waals surface area contributed by atoms with Crippen LogP contribution in [0.1, 0.15) is 28.9 Å². The van der Waals surface area contributed by atoms with Crippen LogP contribution in [-0.4, -0.2) is 23.2 Å². The SMILES string of the molecule is [2H]C([2H])([2H])C([2H])(Oc1cc(B(O)O)cc(C(F)(F)F)c1)C([2H])([2H])[2H]. The third-order valence-electron chi connectivity index (χ3n) is 1.77. The second-order valence-corrected chi connectivity index (χ2v) is 3.09. The van der Waals surface area contributed by atoms with E-state index < -0.39 is 49.9 Å². The number of rotatable bonds is 3. The molecule has 0 spiro atoms. The van der Waals surface area contributed by atoms with Crippen LogP contribution in [0.5, 0.6) is 5.75 Å². The summed E-state index contributed by atoms with van der Waals surface area (Å²) in [6.07, 6.45) is -8.50. The number of benzene rings is 1. The van der Waals surface area contributed by atoms with Crippen LogP contribution in [-0.2, 0) is 6.18 Å². The van der Waals surface area contributed by atoms with Crippen LogP contribution in [0.4, 0.5) is 13.2 Å². The van der Waals surface area contributed by atoms with E-state index in [0.29, 0.717) is 12.1 Å². The van der Waals surface area contributed by atoms with Crippen molar-refractivity contribution in [2.75, 3.05) is 0 Å². The number of halogens is 3. The van der Waals surface area contributed by atoms with E-state index in [1.165, 1.54) is 0 Å². The Labute approximate surface area is 107 Å². The normalized spacial score (nSPS) is 19.9. The van der Waals surface area contributed by atoms with Crippen LogP contribution in [0.15, 0.2) is 18.2 Å². The fraction of sp³-hybridized carbons (Fsp3) is 0.400. The van der Waals surface area contributed by atoms with Crippen LogP contribution in [0, 0.1) is 0 Å². The molecule has 17 heavy (non-hydrogen) atoms. The molecule has 0 heterocycles. The summed E-state index contributed by atoms with van der Waals surface area (Å²) in [7, 11) is -2.35. The lowest BCUT2D eigenvalue weighted by Gasteiger charge is -2.14. The molecule has 0 atom stereocenters. The monoisotopic (exact) mass is 255 g/mol. The van der Waals surface area contributed by atoms with Crippen molar-refractivity contribution in [3.05, 3.63) is 23.8 Å². The summed E-state index contributed by atoms with van der Waals surface area (Å²) in [5.41, 5.74) is -2.14. The molecule has 0 bridgehead atoms. The molecule has 0 saturated heterocycles. The van der Waals surface area contributed by atoms with E-state index in [2.05, 4.69) is 4.74 Å². The Kier molecular flexibility index (Phi) is 1.95. The maximum Gasteiger partial charge on any atom is 0.488 e. The quantitative estimate of drug-likeness (QED) is 0.797. The van der Waals surface area contributed by atoms with Crippen LogP contribution in [0.2, 0.25) is 0 Å². The summed E-state index contributed by atoms with van der Waals surface area (Å²) in [6, 6.07) is 1.25. The zero-order valence-electron chi connectivity index (χ0n) is 15.2. The first-order valence-corrected chi connectivity index (χ1v) is 4.26. The van der Waals surface area contributed by atoms with E-state index in [4.69, 9.17) is 19.6 Å². The van der Waals surface area contributed by atoms with Gasteiger partial charge in [0.1, 0.15) is 5.75 Å². The smallest absolute Gasteiger partial charge is 0.488 e. The molecule has 1 rings (SSSR count). The van der Waals surface area contributed by atoms with Gasteiger partial charge < -0.3 is 14.8 Å². The maximum atomic E-state index is 12.8. The lowest BCUT2D eigenvalue weighted by molar-refractivity contribution is -0.137. The van der Waals surface area contributed by atoms with Crippen molar-refractivity contribution in [1.82, 2.24) is 0 Å². The summed E-state index contributed by atoms with van der Waals surface area (Å²) in [5.74, 6) is -0.949. The Morgan fingerprint density at radius 1 is 1.35 bits per heavy atom. The van der Waals surface area contributed by atoms with Gasteiger partial charge in [-0.1, -0.05) is 0 Å². The highest BCUT2D eigenvalue weighted by molar-refractivity contribution is 6.58. The molecule has 3 nitrogen and oxygen atoms in total. The van der Waals surface area contributed by atoms with Gasteiger partial charge in [0.25, 0.3) is 0 Å². The van der Waals surface area contributed by atoms with Gasteiger partial charge in [-0.05, 0) is 37.4 Å². The predicted molar refractivity (Wildman–Crippen MR) is 57.0 cm³/mol. The first-order chi connectivity index (χ1) is 10.5. The third kappa shape index (κ3) is 3.94. The van der Waals surface area contributed by atoms with Crippen molar-refractivity contribution in [2.24, 2.45) is 0 Å². The van der Waals surface area contributed by atoms with E-state index in [-0.39, 0.29) is 6.07 Å². The van der Waals surface area contributed by atoms with E-state index in [9.17, 15) is 13.2 Å². The molecule has 0 radical (unpaired) electrons.